The smallest absolute Gasteiger partial charge is 0.409 e. The van der Waals surface area contributed by atoms with Gasteiger partial charge in [0.05, 0.1) is 19.2 Å². The highest BCUT2D eigenvalue weighted by molar-refractivity contribution is 5.67. The normalized spacial score (nSPS) is 14.8. The molecule has 0 bridgehead atoms. The van der Waals surface area contributed by atoms with Gasteiger partial charge in [0.25, 0.3) is 5.56 Å². The minimum Gasteiger partial charge on any atom is -0.453 e. The number of fused-ring (bicyclic) bond motifs is 1. The molecule has 1 aliphatic rings. The Labute approximate surface area is 104 Å². The molecule has 1 aliphatic heterocycles. The van der Waals surface area contributed by atoms with E-state index in [9.17, 15) is 9.59 Å². The lowest BCUT2D eigenvalue weighted by atomic mass is 10.2. The number of ether oxygens (including phenoxy) is 1. The van der Waals surface area contributed by atoms with Crippen molar-refractivity contribution in [1.29, 1.82) is 0 Å². The number of rotatable bonds is 2. The Morgan fingerprint density at radius 2 is 2.22 bits per heavy atom. The van der Waals surface area contributed by atoms with E-state index in [0.29, 0.717) is 43.8 Å². The lowest BCUT2D eigenvalue weighted by Crippen LogP contribution is -2.33. The molecule has 2 rings (SSSR count). The summed E-state index contributed by atoms with van der Waals surface area (Å²) in [6.07, 6.45) is 2.28. The Morgan fingerprint density at radius 3 is 2.89 bits per heavy atom. The molecule has 0 aliphatic carbocycles. The molecule has 1 aromatic rings. The second-order valence-corrected chi connectivity index (χ2v) is 4.10. The van der Waals surface area contributed by atoms with Crippen molar-refractivity contribution in [3.8, 4) is 0 Å². The molecule has 1 amide bonds. The SMILES string of the molecule is C=CCn1oc2c(c1=O)CCN(C(=O)OC)CC2. The third-order valence-electron chi connectivity index (χ3n) is 3.01. The molecule has 1 aromatic heterocycles. The van der Waals surface area contributed by atoms with Gasteiger partial charge in [0, 0.05) is 19.5 Å². The van der Waals surface area contributed by atoms with E-state index in [-0.39, 0.29) is 11.7 Å². The highest BCUT2D eigenvalue weighted by Crippen LogP contribution is 2.14. The van der Waals surface area contributed by atoms with Crippen molar-refractivity contribution in [2.75, 3.05) is 20.2 Å². The molecule has 0 unspecified atom stereocenters. The van der Waals surface area contributed by atoms with E-state index in [1.807, 2.05) is 0 Å². The van der Waals surface area contributed by atoms with Crippen molar-refractivity contribution in [2.45, 2.75) is 19.4 Å². The Kier molecular flexibility index (Phi) is 3.55. The summed E-state index contributed by atoms with van der Waals surface area (Å²) in [5, 5.41) is 0. The molecule has 0 aromatic carbocycles. The van der Waals surface area contributed by atoms with Crippen LogP contribution >= 0.6 is 0 Å². The van der Waals surface area contributed by atoms with Crippen LogP contribution in [0.4, 0.5) is 4.79 Å². The van der Waals surface area contributed by atoms with Crippen molar-refractivity contribution in [2.24, 2.45) is 0 Å². The van der Waals surface area contributed by atoms with Crippen LogP contribution in [-0.2, 0) is 24.1 Å². The highest BCUT2D eigenvalue weighted by Gasteiger charge is 2.24. The summed E-state index contributed by atoms with van der Waals surface area (Å²) < 4.78 is 11.4. The maximum Gasteiger partial charge on any atom is 0.409 e. The molecule has 0 radical (unpaired) electrons. The third-order valence-corrected chi connectivity index (χ3v) is 3.01. The number of aromatic nitrogens is 1. The first kappa shape index (κ1) is 12.5. The summed E-state index contributed by atoms with van der Waals surface area (Å²) in [5.74, 6) is 0.660. The van der Waals surface area contributed by atoms with Gasteiger partial charge in [0.15, 0.2) is 0 Å². The average Bonchev–Trinajstić information content (AvgIpc) is 2.55. The summed E-state index contributed by atoms with van der Waals surface area (Å²) in [6, 6.07) is 0. The molecule has 0 atom stereocenters. The lowest BCUT2D eigenvalue weighted by Gasteiger charge is -2.17. The van der Waals surface area contributed by atoms with Crippen LogP contribution in [0.5, 0.6) is 0 Å². The summed E-state index contributed by atoms with van der Waals surface area (Å²) in [6.45, 7) is 4.92. The van der Waals surface area contributed by atoms with Crippen molar-refractivity contribution in [1.82, 2.24) is 9.64 Å². The molecule has 0 saturated carbocycles. The van der Waals surface area contributed by atoms with Crippen LogP contribution in [-0.4, -0.2) is 35.9 Å². The molecule has 0 spiro atoms. The van der Waals surface area contributed by atoms with Crippen molar-refractivity contribution >= 4 is 6.09 Å². The summed E-state index contributed by atoms with van der Waals surface area (Å²) >= 11 is 0. The van der Waals surface area contributed by atoms with E-state index >= 15 is 0 Å². The van der Waals surface area contributed by atoms with E-state index in [0.717, 1.165) is 0 Å². The Morgan fingerprint density at radius 1 is 1.50 bits per heavy atom. The standard InChI is InChI=1S/C12H16N2O4/c1-3-6-14-11(15)9-4-7-13(12(16)17-2)8-5-10(9)18-14/h3H,1,4-8H2,2H3. The predicted octanol–water partition coefficient (Wildman–Crippen LogP) is 0.794. The molecular formula is C12H16N2O4. The number of carbonyl (C=O) groups is 1. The van der Waals surface area contributed by atoms with Gasteiger partial charge >= 0.3 is 6.09 Å². The van der Waals surface area contributed by atoms with Gasteiger partial charge in [-0.15, -0.1) is 6.58 Å². The van der Waals surface area contributed by atoms with Crippen LogP contribution in [0.3, 0.4) is 0 Å². The van der Waals surface area contributed by atoms with Crippen LogP contribution in [0.25, 0.3) is 0 Å². The Hall–Kier alpha value is -1.98. The summed E-state index contributed by atoms with van der Waals surface area (Å²) in [7, 11) is 1.35. The molecule has 18 heavy (non-hydrogen) atoms. The van der Waals surface area contributed by atoms with E-state index < -0.39 is 0 Å². The van der Waals surface area contributed by atoms with Gasteiger partial charge in [-0.25, -0.2) is 4.79 Å². The number of amides is 1. The van der Waals surface area contributed by atoms with Crippen molar-refractivity contribution < 1.29 is 14.1 Å². The molecule has 6 heteroatoms. The van der Waals surface area contributed by atoms with Gasteiger partial charge in [0.2, 0.25) is 0 Å². The minimum atomic E-state index is -0.369. The zero-order valence-corrected chi connectivity index (χ0v) is 10.3. The quantitative estimate of drug-likeness (QED) is 0.730. The highest BCUT2D eigenvalue weighted by atomic mass is 16.5. The minimum absolute atomic E-state index is 0.128. The molecule has 2 heterocycles. The topological polar surface area (TPSA) is 64.7 Å². The van der Waals surface area contributed by atoms with Gasteiger partial charge in [0.1, 0.15) is 5.76 Å². The second kappa shape index (κ2) is 5.12. The first-order valence-electron chi connectivity index (χ1n) is 5.83. The van der Waals surface area contributed by atoms with E-state index in [2.05, 4.69) is 11.3 Å². The fourth-order valence-electron chi connectivity index (χ4n) is 2.09. The molecule has 98 valence electrons. The van der Waals surface area contributed by atoms with Crippen LogP contribution in [0.2, 0.25) is 0 Å². The molecular weight excluding hydrogens is 236 g/mol. The monoisotopic (exact) mass is 252 g/mol. The van der Waals surface area contributed by atoms with Crippen LogP contribution in [0, 0.1) is 0 Å². The maximum atomic E-state index is 12.0. The van der Waals surface area contributed by atoms with Gasteiger partial charge in [-0.3, -0.25) is 4.79 Å². The van der Waals surface area contributed by atoms with Gasteiger partial charge < -0.3 is 14.2 Å². The number of carbonyl (C=O) groups excluding carboxylic acids is 1. The first-order valence-corrected chi connectivity index (χ1v) is 5.83. The fraction of sp³-hybridized carbons (Fsp3) is 0.500. The Bertz CT molecular complexity index is 515. The van der Waals surface area contributed by atoms with Crippen LogP contribution < -0.4 is 5.56 Å². The van der Waals surface area contributed by atoms with Gasteiger partial charge in [-0.05, 0) is 6.42 Å². The largest absolute Gasteiger partial charge is 0.453 e. The van der Waals surface area contributed by atoms with E-state index in [1.54, 1.807) is 11.0 Å². The third kappa shape index (κ3) is 2.18. The zero-order chi connectivity index (χ0) is 13.1. The van der Waals surface area contributed by atoms with Gasteiger partial charge in [-0.2, -0.15) is 4.74 Å². The summed E-state index contributed by atoms with van der Waals surface area (Å²) in [4.78, 5) is 25.0. The number of hydrogen-bond acceptors (Lipinski definition) is 4. The fourth-order valence-corrected chi connectivity index (χ4v) is 2.09. The average molecular weight is 252 g/mol. The predicted molar refractivity (Wildman–Crippen MR) is 64.6 cm³/mol. The number of methoxy groups -OCH3 is 1. The van der Waals surface area contributed by atoms with E-state index in [4.69, 9.17) is 4.52 Å². The number of nitrogens with zero attached hydrogens (tertiary/aromatic N) is 2. The van der Waals surface area contributed by atoms with Crippen molar-refractivity contribution in [3.63, 3.8) is 0 Å². The lowest BCUT2D eigenvalue weighted by molar-refractivity contribution is 0.124. The molecule has 6 nitrogen and oxygen atoms in total. The summed E-state index contributed by atoms with van der Waals surface area (Å²) in [5.41, 5.74) is 0.528. The Balaban J connectivity index is 2.20. The van der Waals surface area contributed by atoms with E-state index in [1.165, 1.54) is 11.8 Å². The second-order valence-electron chi connectivity index (χ2n) is 4.10. The van der Waals surface area contributed by atoms with Crippen LogP contribution in [0.1, 0.15) is 11.3 Å². The molecule has 0 fully saturated rings. The number of hydrogen-bond donors (Lipinski definition) is 0. The number of allylic oxidation sites excluding steroid dienone is 1. The van der Waals surface area contributed by atoms with Gasteiger partial charge in [-0.1, -0.05) is 6.08 Å². The first-order chi connectivity index (χ1) is 8.67. The maximum absolute atomic E-state index is 12.0. The van der Waals surface area contributed by atoms with Crippen LogP contribution in [0.15, 0.2) is 22.0 Å². The zero-order valence-electron chi connectivity index (χ0n) is 10.3. The molecule has 0 N–H and O–H groups in total. The molecule has 0 saturated heterocycles. The van der Waals surface area contributed by atoms with Crippen molar-refractivity contribution in [3.05, 3.63) is 34.3 Å².